The number of nitrogens with zero attached hydrogens (tertiary/aromatic N) is 1. The third-order valence-corrected chi connectivity index (χ3v) is 5.02. The number of rotatable bonds is 6. The molecular formula is C22H32N2O4. The van der Waals surface area contributed by atoms with Crippen LogP contribution in [0.5, 0.6) is 0 Å². The average Bonchev–Trinajstić information content (AvgIpc) is 3.17. The molecule has 0 spiro atoms. The molecule has 2 rings (SSSR count). The zero-order chi connectivity index (χ0) is 20.9. The van der Waals surface area contributed by atoms with Gasteiger partial charge in [0.15, 0.2) is 6.61 Å². The summed E-state index contributed by atoms with van der Waals surface area (Å²) in [6.07, 6.45) is 1.97. The third-order valence-electron chi connectivity index (χ3n) is 5.02. The van der Waals surface area contributed by atoms with Gasteiger partial charge in [-0.2, -0.15) is 0 Å². The van der Waals surface area contributed by atoms with Crippen LogP contribution in [0.4, 0.5) is 0 Å². The minimum atomic E-state index is -0.804. The van der Waals surface area contributed by atoms with Crippen LogP contribution in [0.15, 0.2) is 24.3 Å². The Labute approximate surface area is 167 Å². The van der Waals surface area contributed by atoms with Crippen LogP contribution >= 0.6 is 0 Å². The number of hydrogen-bond acceptors (Lipinski definition) is 4. The van der Waals surface area contributed by atoms with Gasteiger partial charge in [0, 0.05) is 18.7 Å². The van der Waals surface area contributed by atoms with Crippen molar-refractivity contribution < 1.29 is 19.1 Å². The van der Waals surface area contributed by atoms with Crippen molar-refractivity contribution in [2.45, 2.75) is 58.9 Å². The molecule has 0 saturated carbocycles. The van der Waals surface area contributed by atoms with Crippen molar-refractivity contribution in [3.05, 3.63) is 35.4 Å². The lowest BCUT2D eigenvalue weighted by Crippen LogP contribution is -2.46. The highest BCUT2D eigenvalue weighted by Gasteiger charge is 2.28. The van der Waals surface area contributed by atoms with Gasteiger partial charge in [0.25, 0.3) is 11.8 Å². The van der Waals surface area contributed by atoms with Crippen molar-refractivity contribution in [3.63, 3.8) is 0 Å². The van der Waals surface area contributed by atoms with Crippen molar-refractivity contribution in [1.82, 2.24) is 10.2 Å². The zero-order valence-corrected chi connectivity index (χ0v) is 17.6. The molecule has 0 aliphatic carbocycles. The minimum Gasteiger partial charge on any atom is -0.454 e. The maximum absolute atomic E-state index is 12.6. The van der Waals surface area contributed by atoms with Crippen molar-refractivity contribution in [2.24, 2.45) is 5.92 Å². The normalized spacial score (nSPS) is 15.4. The number of hydrogen-bond donors (Lipinski definition) is 1. The number of benzene rings is 1. The van der Waals surface area contributed by atoms with Gasteiger partial charge in [0.1, 0.15) is 6.04 Å². The summed E-state index contributed by atoms with van der Waals surface area (Å²) < 4.78 is 5.20. The van der Waals surface area contributed by atoms with Crippen LogP contribution in [0.1, 0.15) is 63.4 Å². The quantitative estimate of drug-likeness (QED) is 0.761. The van der Waals surface area contributed by atoms with Gasteiger partial charge in [-0.1, -0.05) is 46.8 Å². The second-order valence-electron chi connectivity index (χ2n) is 8.72. The van der Waals surface area contributed by atoms with Gasteiger partial charge in [0.05, 0.1) is 0 Å². The second-order valence-corrected chi connectivity index (χ2v) is 8.72. The first kappa shape index (κ1) is 21.9. The number of carbonyl (C=O) groups is 3. The van der Waals surface area contributed by atoms with Gasteiger partial charge in [-0.15, -0.1) is 0 Å². The molecule has 1 heterocycles. The van der Waals surface area contributed by atoms with Gasteiger partial charge in [0.2, 0.25) is 0 Å². The van der Waals surface area contributed by atoms with Crippen molar-refractivity contribution in [2.75, 3.05) is 19.7 Å². The fourth-order valence-electron chi connectivity index (χ4n) is 3.12. The molecule has 0 aromatic heterocycles. The fraction of sp³-hybridized carbons (Fsp3) is 0.591. The van der Waals surface area contributed by atoms with E-state index < -0.39 is 12.0 Å². The molecule has 1 unspecified atom stereocenters. The van der Waals surface area contributed by atoms with E-state index in [4.69, 9.17) is 4.74 Å². The maximum Gasteiger partial charge on any atom is 0.329 e. The maximum atomic E-state index is 12.6. The number of ether oxygens (including phenoxy) is 1. The Morgan fingerprint density at radius 1 is 1.07 bits per heavy atom. The lowest BCUT2D eigenvalue weighted by Gasteiger charge is -2.22. The number of amides is 2. The van der Waals surface area contributed by atoms with Gasteiger partial charge < -0.3 is 15.0 Å². The molecular weight excluding hydrogens is 356 g/mol. The number of likely N-dealkylation sites (tertiary alicyclic amines) is 1. The van der Waals surface area contributed by atoms with Gasteiger partial charge in [-0.25, -0.2) is 4.79 Å². The highest BCUT2D eigenvalue weighted by Crippen LogP contribution is 2.22. The summed E-state index contributed by atoms with van der Waals surface area (Å²) in [7, 11) is 0. The first-order chi connectivity index (χ1) is 13.1. The van der Waals surface area contributed by atoms with Crippen LogP contribution in [-0.4, -0.2) is 48.4 Å². The fourth-order valence-corrected chi connectivity index (χ4v) is 3.12. The lowest BCUT2D eigenvalue weighted by atomic mass is 9.86. The van der Waals surface area contributed by atoms with Crippen LogP contribution in [0, 0.1) is 5.92 Å². The Balaban J connectivity index is 1.96. The molecule has 1 aromatic rings. The number of nitrogens with one attached hydrogen (secondary N) is 1. The summed E-state index contributed by atoms with van der Waals surface area (Å²) in [5.74, 6) is -1.26. The molecule has 6 heteroatoms. The molecule has 1 aliphatic rings. The number of carbonyl (C=O) groups excluding carboxylic acids is 3. The summed E-state index contributed by atoms with van der Waals surface area (Å²) >= 11 is 0. The average molecular weight is 389 g/mol. The monoisotopic (exact) mass is 388 g/mol. The first-order valence-corrected chi connectivity index (χ1v) is 9.95. The highest BCUT2D eigenvalue weighted by molar-refractivity contribution is 5.97. The third kappa shape index (κ3) is 5.81. The van der Waals surface area contributed by atoms with Crippen LogP contribution in [-0.2, 0) is 19.7 Å². The summed E-state index contributed by atoms with van der Waals surface area (Å²) in [6, 6.07) is 6.56. The van der Waals surface area contributed by atoms with E-state index in [1.54, 1.807) is 17.0 Å². The lowest BCUT2D eigenvalue weighted by molar-refractivity contribution is -0.154. The molecule has 6 nitrogen and oxygen atoms in total. The summed E-state index contributed by atoms with van der Waals surface area (Å²) in [5, 5.41) is 2.75. The molecule has 1 aromatic carbocycles. The van der Waals surface area contributed by atoms with Crippen molar-refractivity contribution >= 4 is 17.8 Å². The predicted molar refractivity (Wildman–Crippen MR) is 108 cm³/mol. The van der Waals surface area contributed by atoms with Crippen molar-refractivity contribution in [1.29, 1.82) is 0 Å². The number of esters is 1. The van der Waals surface area contributed by atoms with E-state index in [9.17, 15) is 14.4 Å². The molecule has 1 N–H and O–H groups in total. The first-order valence-electron chi connectivity index (χ1n) is 9.95. The van der Waals surface area contributed by atoms with Gasteiger partial charge in [-0.05, 0) is 41.9 Å². The van der Waals surface area contributed by atoms with E-state index in [2.05, 4.69) is 26.1 Å². The Bertz CT molecular complexity index is 698. The highest BCUT2D eigenvalue weighted by atomic mass is 16.5. The molecule has 1 aliphatic heterocycles. The van der Waals surface area contributed by atoms with Crippen molar-refractivity contribution in [3.8, 4) is 0 Å². The largest absolute Gasteiger partial charge is 0.454 e. The molecule has 28 heavy (non-hydrogen) atoms. The summed E-state index contributed by atoms with van der Waals surface area (Å²) in [5.41, 5.74) is 1.62. The van der Waals surface area contributed by atoms with Crippen LogP contribution in [0.2, 0.25) is 0 Å². The Kier molecular flexibility index (Phi) is 7.22. The minimum absolute atomic E-state index is 0.00115. The van der Waals surface area contributed by atoms with E-state index in [-0.39, 0.29) is 29.8 Å². The molecule has 0 bridgehead atoms. The van der Waals surface area contributed by atoms with E-state index in [1.807, 2.05) is 26.0 Å². The van der Waals surface area contributed by atoms with Crippen LogP contribution in [0.3, 0.4) is 0 Å². The zero-order valence-electron chi connectivity index (χ0n) is 17.6. The Morgan fingerprint density at radius 2 is 1.64 bits per heavy atom. The van der Waals surface area contributed by atoms with Gasteiger partial charge >= 0.3 is 5.97 Å². The molecule has 2 amide bonds. The van der Waals surface area contributed by atoms with Gasteiger partial charge in [-0.3, -0.25) is 9.59 Å². The van der Waals surface area contributed by atoms with E-state index >= 15 is 0 Å². The molecule has 154 valence electrons. The van der Waals surface area contributed by atoms with Crippen LogP contribution < -0.4 is 5.32 Å². The smallest absolute Gasteiger partial charge is 0.329 e. The topological polar surface area (TPSA) is 75.7 Å². The Morgan fingerprint density at radius 3 is 2.14 bits per heavy atom. The molecule has 1 atom stereocenters. The van der Waals surface area contributed by atoms with E-state index in [1.165, 1.54) is 0 Å². The molecule has 0 radical (unpaired) electrons. The predicted octanol–water partition coefficient (Wildman–Crippen LogP) is 2.90. The standard InChI is InChI=1S/C22H32N2O4/c1-15(2)19(21(27)28-14-18(25)24-12-6-7-13-24)23-20(26)16-8-10-17(11-9-16)22(3,4)5/h8-11,15,19H,6-7,12-14H2,1-5H3,(H,23,26). The van der Waals surface area contributed by atoms with E-state index in [0.29, 0.717) is 18.7 Å². The van der Waals surface area contributed by atoms with E-state index in [0.717, 1.165) is 18.4 Å². The summed E-state index contributed by atoms with van der Waals surface area (Å²) in [6.45, 7) is 11.1. The summed E-state index contributed by atoms with van der Waals surface area (Å²) in [4.78, 5) is 38.8. The molecule has 1 fully saturated rings. The van der Waals surface area contributed by atoms with Crippen LogP contribution in [0.25, 0.3) is 0 Å². The SMILES string of the molecule is CC(C)C(NC(=O)c1ccc(C(C)(C)C)cc1)C(=O)OCC(=O)N1CCCC1. The molecule has 1 saturated heterocycles. The Hall–Kier alpha value is -2.37. The second kappa shape index (κ2) is 9.22.